The minimum Gasteiger partial charge on any atom is -0.339 e. The second-order valence-corrected chi connectivity index (χ2v) is 4.80. The van der Waals surface area contributed by atoms with Gasteiger partial charge >= 0.3 is 0 Å². The Balaban J connectivity index is 1.86. The van der Waals surface area contributed by atoms with E-state index < -0.39 is 0 Å². The number of piperazine rings is 1. The number of amides is 2. The molecule has 1 aliphatic heterocycles. The van der Waals surface area contributed by atoms with Gasteiger partial charge in [0.25, 0.3) is 0 Å². The van der Waals surface area contributed by atoms with Gasteiger partial charge in [-0.15, -0.1) is 0 Å². The van der Waals surface area contributed by atoms with E-state index in [1.54, 1.807) is 11.0 Å². The van der Waals surface area contributed by atoms with Crippen LogP contribution in [0.5, 0.6) is 0 Å². The van der Waals surface area contributed by atoms with Gasteiger partial charge in [0.15, 0.2) is 0 Å². The van der Waals surface area contributed by atoms with Gasteiger partial charge in [0, 0.05) is 38.7 Å². The molecule has 0 aliphatic carbocycles. The molecular formula is C16H20N2O2. The van der Waals surface area contributed by atoms with E-state index in [2.05, 4.69) is 0 Å². The fraction of sp³-hybridized carbons (Fsp3) is 0.375. The number of hydrogen-bond donors (Lipinski definition) is 0. The Bertz CT molecular complexity index is 488. The molecule has 1 saturated heterocycles. The minimum atomic E-state index is 0.0115. The lowest BCUT2D eigenvalue weighted by Gasteiger charge is -2.34. The van der Waals surface area contributed by atoms with E-state index in [9.17, 15) is 9.59 Å². The number of hydrogen-bond acceptors (Lipinski definition) is 2. The summed E-state index contributed by atoms with van der Waals surface area (Å²) >= 11 is 0. The third-order valence-corrected chi connectivity index (χ3v) is 3.46. The van der Waals surface area contributed by atoms with E-state index in [-0.39, 0.29) is 11.8 Å². The van der Waals surface area contributed by atoms with Crippen molar-refractivity contribution >= 4 is 17.9 Å². The Hall–Kier alpha value is -2.10. The van der Waals surface area contributed by atoms with Crippen LogP contribution in [0.4, 0.5) is 0 Å². The lowest BCUT2D eigenvalue weighted by atomic mass is 10.2. The van der Waals surface area contributed by atoms with Gasteiger partial charge in [-0.2, -0.15) is 0 Å². The maximum Gasteiger partial charge on any atom is 0.246 e. The van der Waals surface area contributed by atoms with Crippen molar-refractivity contribution in [3.63, 3.8) is 0 Å². The first-order chi connectivity index (χ1) is 9.70. The topological polar surface area (TPSA) is 40.6 Å². The predicted molar refractivity (Wildman–Crippen MR) is 78.9 cm³/mol. The molecule has 106 valence electrons. The standard InChI is InChI=1S/C16H20N2O2/c1-2-15(19)17-10-12-18(13-11-17)16(20)9-8-14-6-4-3-5-7-14/h3-9H,2,10-13H2,1H3/b9-8+. The van der Waals surface area contributed by atoms with E-state index >= 15 is 0 Å². The molecule has 2 rings (SSSR count). The number of benzene rings is 1. The van der Waals surface area contributed by atoms with Gasteiger partial charge in [0.05, 0.1) is 0 Å². The fourth-order valence-electron chi connectivity index (χ4n) is 2.24. The lowest BCUT2D eigenvalue weighted by molar-refractivity contribution is -0.136. The third kappa shape index (κ3) is 3.70. The van der Waals surface area contributed by atoms with Crippen molar-refractivity contribution in [3.8, 4) is 0 Å². The van der Waals surface area contributed by atoms with Crippen molar-refractivity contribution in [1.82, 2.24) is 9.80 Å². The average molecular weight is 272 g/mol. The van der Waals surface area contributed by atoms with Gasteiger partial charge in [-0.1, -0.05) is 37.3 Å². The quantitative estimate of drug-likeness (QED) is 0.787. The first kappa shape index (κ1) is 14.3. The zero-order valence-corrected chi connectivity index (χ0v) is 11.8. The molecule has 1 heterocycles. The summed E-state index contributed by atoms with van der Waals surface area (Å²) < 4.78 is 0. The summed E-state index contributed by atoms with van der Waals surface area (Å²) in [7, 11) is 0. The Morgan fingerprint density at radius 3 is 2.25 bits per heavy atom. The van der Waals surface area contributed by atoms with Crippen molar-refractivity contribution in [2.45, 2.75) is 13.3 Å². The fourth-order valence-corrected chi connectivity index (χ4v) is 2.24. The highest BCUT2D eigenvalue weighted by Gasteiger charge is 2.21. The third-order valence-electron chi connectivity index (χ3n) is 3.46. The van der Waals surface area contributed by atoms with E-state index in [0.29, 0.717) is 32.6 Å². The van der Waals surface area contributed by atoms with Crippen molar-refractivity contribution < 1.29 is 9.59 Å². The summed E-state index contributed by atoms with van der Waals surface area (Å²) in [6.45, 7) is 4.37. The highest BCUT2D eigenvalue weighted by Crippen LogP contribution is 2.06. The van der Waals surface area contributed by atoms with Crippen molar-refractivity contribution in [3.05, 3.63) is 42.0 Å². The van der Waals surface area contributed by atoms with Crippen molar-refractivity contribution in [2.75, 3.05) is 26.2 Å². The summed E-state index contributed by atoms with van der Waals surface area (Å²) in [5.74, 6) is 0.175. The molecule has 2 amide bonds. The van der Waals surface area contributed by atoms with Crippen LogP contribution in [-0.2, 0) is 9.59 Å². The molecule has 0 atom stereocenters. The number of carbonyl (C=O) groups excluding carboxylic acids is 2. The molecule has 4 heteroatoms. The molecule has 20 heavy (non-hydrogen) atoms. The smallest absolute Gasteiger partial charge is 0.246 e. The first-order valence-corrected chi connectivity index (χ1v) is 7.00. The lowest BCUT2D eigenvalue weighted by Crippen LogP contribution is -2.50. The average Bonchev–Trinajstić information content (AvgIpc) is 2.53. The zero-order valence-electron chi connectivity index (χ0n) is 11.8. The first-order valence-electron chi connectivity index (χ1n) is 7.00. The van der Waals surface area contributed by atoms with E-state index in [1.165, 1.54) is 0 Å². The molecule has 0 bridgehead atoms. The van der Waals surface area contributed by atoms with Crippen LogP contribution in [0, 0.1) is 0 Å². The van der Waals surface area contributed by atoms with Gasteiger partial charge in [-0.25, -0.2) is 0 Å². The molecule has 4 nitrogen and oxygen atoms in total. The van der Waals surface area contributed by atoms with Gasteiger partial charge < -0.3 is 9.80 Å². The summed E-state index contributed by atoms with van der Waals surface area (Å²) in [6, 6.07) is 9.75. The number of rotatable bonds is 3. The predicted octanol–water partition coefficient (Wildman–Crippen LogP) is 1.78. The van der Waals surface area contributed by atoms with Crippen LogP contribution in [0.25, 0.3) is 6.08 Å². The van der Waals surface area contributed by atoms with Gasteiger partial charge in [0.2, 0.25) is 11.8 Å². The summed E-state index contributed by atoms with van der Waals surface area (Å²) in [6.07, 6.45) is 3.96. The van der Waals surface area contributed by atoms with Gasteiger partial charge in [-0.3, -0.25) is 9.59 Å². The normalized spacial score (nSPS) is 15.7. The molecule has 1 aromatic carbocycles. The SMILES string of the molecule is CCC(=O)N1CCN(C(=O)/C=C/c2ccccc2)CC1. The Morgan fingerprint density at radius 1 is 1.05 bits per heavy atom. The maximum atomic E-state index is 12.1. The van der Waals surface area contributed by atoms with E-state index in [4.69, 9.17) is 0 Å². The maximum absolute atomic E-state index is 12.1. The van der Waals surface area contributed by atoms with Crippen LogP contribution in [0.3, 0.4) is 0 Å². The van der Waals surface area contributed by atoms with Crippen LogP contribution in [-0.4, -0.2) is 47.8 Å². The Morgan fingerprint density at radius 2 is 1.65 bits per heavy atom. The second kappa shape index (κ2) is 6.89. The summed E-state index contributed by atoms with van der Waals surface area (Å²) in [4.78, 5) is 27.2. The van der Waals surface area contributed by atoms with Crippen LogP contribution in [0.2, 0.25) is 0 Å². The molecule has 0 spiro atoms. The molecule has 0 N–H and O–H groups in total. The number of carbonyl (C=O) groups is 2. The monoisotopic (exact) mass is 272 g/mol. The molecule has 0 saturated carbocycles. The molecule has 1 fully saturated rings. The Kier molecular flexibility index (Phi) is 4.93. The van der Waals surface area contributed by atoms with Crippen LogP contribution >= 0.6 is 0 Å². The Labute approximate surface area is 119 Å². The minimum absolute atomic E-state index is 0.0115. The molecular weight excluding hydrogens is 252 g/mol. The molecule has 0 aromatic heterocycles. The van der Waals surface area contributed by atoms with Crippen LogP contribution in [0.1, 0.15) is 18.9 Å². The molecule has 1 aliphatic rings. The van der Waals surface area contributed by atoms with E-state index in [0.717, 1.165) is 5.56 Å². The molecule has 1 aromatic rings. The highest BCUT2D eigenvalue weighted by atomic mass is 16.2. The van der Waals surface area contributed by atoms with Crippen LogP contribution in [0.15, 0.2) is 36.4 Å². The second-order valence-electron chi connectivity index (χ2n) is 4.80. The van der Waals surface area contributed by atoms with Crippen LogP contribution < -0.4 is 0 Å². The zero-order chi connectivity index (χ0) is 14.4. The summed E-state index contributed by atoms with van der Waals surface area (Å²) in [5.41, 5.74) is 1.01. The number of nitrogens with zero attached hydrogens (tertiary/aromatic N) is 2. The van der Waals surface area contributed by atoms with Gasteiger partial charge in [0.1, 0.15) is 0 Å². The highest BCUT2D eigenvalue weighted by molar-refractivity contribution is 5.92. The molecule has 0 unspecified atom stereocenters. The summed E-state index contributed by atoms with van der Waals surface area (Å²) in [5, 5.41) is 0. The van der Waals surface area contributed by atoms with Crippen molar-refractivity contribution in [1.29, 1.82) is 0 Å². The molecule has 0 radical (unpaired) electrons. The van der Waals surface area contributed by atoms with Gasteiger partial charge in [-0.05, 0) is 11.6 Å². The van der Waals surface area contributed by atoms with E-state index in [1.807, 2.05) is 48.2 Å². The van der Waals surface area contributed by atoms with Crippen molar-refractivity contribution in [2.24, 2.45) is 0 Å². The largest absolute Gasteiger partial charge is 0.339 e.